The van der Waals surface area contributed by atoms with Gasteiger partial charge in [-0.2, -0.15) is 17.5 Å². The first kappa shape index (κ1) is 21.6. The molecule has 0 spiro atoms. The van der Waals surface area contributed by atoms with E-state index in [0.717, 1.165) is 12.1 Å². The topological polar surface area (TPSA) is 66.5 Å². The van der Waals surface area contributed by atoms with Crippen molar-refractivity contribution in [1.82, 2.24) is 4.31 Å². The summed E-state index contributed by atoms with van der Waals surface area (Å²) in [6.07, 6.45) is -3.80. The number of nitrogens with one attached hydrogen (secondary N) is 1. The Balaban J connectivity index is 1.59. The number of benzene rings is 2. The Labute approximate surface area is 171 Å². The molecular weight excluding hydrogens is 429 g/mol. The molecule has 1 N–H and O–H groups in total. The fraction of sp³-hybridized carbons (Fsp3) is 0.316. The first-order valence-corrected chi connectivity index (χ1v) is 10.6. The molecule has 0 aliphatic carbocycles. The predicted molar refractivity (Wildman–Crippen MR) is 103 cm³/mol. The van der Waals surface area contributed by atoms with Crippen LogP contribution in [0.15, 0.2) is 53.4 Å². The van der Waals surface area contributed by atoms with Gasteiger partial charge in [0.05, 0.1) is 10.5 Å². The standard InChI is InChI=1S/C19H18ClF3N2O3S/c20-15-3-7-17(8-4-15)29(27,28)25-11-9-13(10-12-25)18(26)24-16-5-1-14(2-6-16)19(21,22)23/h1-8,13H,9-12H2,(H,24,26). The van der Waals surface area contributed by atoms with Gasteiger partial charge in [-0.3, -0.25) is 4.79 Å². The zero-order valence-electron chi connectivity index (χ0n) is 15.1. The molecule has 1 saturated heterocycles. The van der Waals surface area contributed by atoms with Crippen molar-refractivity contribution >= 4 is 33.2 Å². The number of hydrogen-bond acceptors (Lipinski definition) is 3. The number of halogens is 4. The molecule has 0 atom stereocenters. The second-order valence-corrected chi connectivity index (χ2v) is 9.07. The third-order valence-electron chi connectivity index (χ3n) is 4.76. The lowest BCUT2D eigenvalue weighted by molar-refractivity contribution is -0.137. The normalized spacial score (nSPS) is 16.6. The molecule has 156 valence electrons. The lowest BCUT2D eigenvalue weighted by Gasteiger charge is -2.30. The minimum Gasteiger partial charge on any atom is -0.326 e. The maximum atomic E-state index is 12.7. The van der Waals surface area contributed by atoms with Crippen molar-refractivity contribution in [2.45, 2.75) is 23.9 Å². The fourth-order valence-electron chi connectivity index (χ4n) is 3.10. The van der Waals surface area contributed by atoms with Crippen LogP contribution < -0.4 is 5.32 Å². The van der Waals surface area contributed by atoms with Crippen LogP contribution in [0.3, 0.4) is 0 Å². The molecule has 2 aromatic rings. The van der Waals surface area contributed by atoms with E-state index in [-0.39, 0.29) is 29.6 Å². The molecule has 2 aromatic carbocycles. The summed E-state index contributed by atoms with van der Waals surface area (Å²) in [4.78, 5) is 12.5. The Kier molecular flexibility index (Phi) is 6.21. The summed E-state index contributed by atoms with van der Waals surface area (Å²) >= 11 is 5.79. The van der Waals surface area contributed by atoms with Crippen molar-refractivity contribution in [2.75, 3.05) is 18.4 Å². The third-order valence-corrected chi connectivity index (χ3v) is 6.92. The largest absolute Gasteiger partial charge is 0.416 e. The van der Waals surface area contributed by atoms with E-state index in [4.69, 9.17) is 11.6 Å². The third kappa shape index (κ3) is 5.09. The highest BCUT2D eigenvalue weighted by Crippen LogP contribution is 2.30. The molecule has 1 amide bonds. The highest BCUT2D eigenvalue weighted by molar-refractivity contribution is 7.89. The fourth-order valence-corrected chi connectivity index (χ4v) is 4.70. The Morgan fingerprint density at radius 2 is 1.55 bits per heavy atom. The van der Waals surface area contributed by atoms with Crippen molar-refractivity contribution in [3.8, 4) is 0 Å². The van der Waals surface area contributed by atoms with Crippen molar-refractivity contribution in [3.05, 3.63) is 59.1 Å². The van der Waals surface area contributed by atoms with E-state index >= 15 is 0 Å². The number of rotatable bonds is 4. The van der Waals surface area contributed by atoms with Crippen molar-refractivity contribution in [3.63, 3.8) is 0 Å². The number of amides is 1. The SMILES string of the molecule is O=C(Nc1ccc(C(F)(F)F)cc1)C1CCN(S(=O)(=O)c2ccc(Cl)cc2)CC1. The number of anilines is 1. The average molecular weight is 447 g/mol. The number of carbonyl (C=O) groups excluding carboxylic acids is 1. The van der Waals surface area contributed by atoms with E-state index in [1.165, 1.54) is 40.7 Å². The average Bonchev–Trinajstić information content (AvgIpc) is 2.68. The first-order chi connectivity index (χ1) is 13.6. The van der Waals surface area contributed by atoms with E-state index in [2.05, 4.69) is 5.32 Å². The van der Waals surface area contributed by atoms with Crippen LogP contribution in [0.4, 0.5) is 18.9 Å². The van der Waals surface area contributed by atoms with E-state index in [9.17, 15) is 26.4 Å². The van der Waals surface area contributed by atoms with Gasteiger partial charge in [0.2, 0.25) is 15.9 Å². The van der Waals surface area contributed by atoms with E-state index < -0.39 is 27.7 Å². The van der Waals surface area contributed by atoms with Crippen molar-refractivity contribution in [2.24, 2.45) is 5.92 Å². The quantitative estimate of drug-likeness (QED) is 0.757. The molecule has 0 radical (unpaired) electrons. The van der Waals surface area contributed by atoms with Gasteiger partial charge in [-0.05, 0) is 61.4 Å². The molecule has 1 aliphatic rings. The summed E-state index contributed by atoms with van der Waals surface area (Å²) in [5, 5.41) is 3.03. The van der Waals surface area contributed by atoms with E-state index in [0.29, 0.717) is 17.9 Å². The Morgan fingerprint density at radius 3 is 2.07 bits per heavy atom. The summed E-state index contributed by atoms with van der Waals surface area (Å²) in [6.45, 7) is 0.353. The summed E-state index contributed by atoms with van der Waals surface area (Å²) in [5.41, 5.74) is -0.532. The van der Waals surface area contributed by atoms with Gasteiger partial charge in [0.25, 0.3) is 0 Å². The minimum atomic E-state index is -4.44. The van der Waals surface area contributed by atoms with Crippen LogP contribution in [0.1, 0.15) is 18.4 Å². The molecule has 1 heterocycles. The molecule has 5 nitrogen and oxygen atoms in total. The number of carbonyl (C=O) groups is 1. The van der Waals surface area contributed by atoms with Gasteiger partial charge in [0, 0.05) is 29.7 Å². The number of piperidine rings is 1. The zero-order valence-corrected chi connectivity index (χ0v) is 16.7. The molecule has 10 heteroatoms. The van der Waals surface area contributed by atoms with Crippen LogP contribution in [0.25, 0.3) is 0 Å². The van der Waals surface area contributed by atoms with Crippen molar-refractivity contribution in [1.29, 1.82) is 0 Å². The van der Waals surface area contributed by atoms with Crippen LogP contribution in [-0.2, 0) is 21.0 Å². The highest BCUT2D eigenvalue weighted by Gasteiger charge is 2.33. The smallest absolute Gasteiger partial charge is 0.326 e. The lowest BCUT2D eigenvalue weighted by Crippen LogP contribution is -2.41. The second kappa shape index (κ2) is 8.33. The summed E-state index contributed by atoms with van der Waals surface area (Å²) in [5.74, 6) is -0.762. The van der Waals surface area contributed by atoms with Gasteiger partial charge in [-0.25, -0.2) is 8.42 Å². The predicted octanol–water partition coefficient (Wildman–Crippen LogP) is 4.40. The summed E-state index contributed by atoms with van der Waals surface area (Å²) in [6, 6.07) is 10.1. The monoisotopic (exact) mass is 446 g/mol. The molecule has 0 saturated carbocycles. The van der Waals surface area contributed by atoms with E-state index in [1.54, 1.807) is 0 Å². The van der Waals surface area contributed by atoms with Crippen LogP contribution in [0.5, 0.6) is 0 Å². The van der Waals surface area contributed by atoms with E-state index in [1.807, 2.05) is 0 Å². The lowest BCUT2D eigenvalue weighted by atomic mass is 9.97. The number of hydrogen-bond donors (Lipinski definition) is 1. The molecule has 1 aliphatic heterocycles. The minimum absolute atomic E-state index is 0.134. The van der Waals surface area contributed by atoms with Gasteiger partial charge in [-0.1, -0.05) is 11.6 Å². The maximum Gasteiger partial charge on any atom is 0.416 e. The van der Waals surface area contributed by atoms with Crippen LogP contribution in [0.2, 0.25) is 5.02 Å². The molecule has 0 bridgehead atoms. The first-order valence-electron chi connectivity index (χ1n) is 8.81. The molecule has 1 fully saturated rings. The number of alkyl halides is 3. The maximum absolute atomic E-state index is 12.7. The van der Waals surface area contributed by atoms with Gasteiger partial charge in [-0.15, -0.1) is 0 Å². The number of nitrogens with zero attached hydrogens (tertiary/aromatic N) is 1. The van der Waals surface area contributed by atoms with Crippen LogP contribution >= 0.6 is 11.6 Å². The Hall–Kier alpha value is -2.10. The zero-order chi connectivity index (χ0) is 21.2. The summed E-state index contributed by atoms with van der Waals surface area (Å²) in [7, 11) is -3.67. The van der Waals surface area contributed by atoms with Gasteiger partial charge in [0.15, 0.2) is 0 Å². The molecule has 0 aromatic heterocycles. The molecule has 29 heavy (non-hydrogen) atoms. The van der Waals surface area contributed by atoms with Gasteiger partial charge < -0.3 is 5.32 Å². The molecule has 3 rings (SSSR count). The van der Waals surface area contributed by atoms with Crippen molar-refractivity contribution < 1.29 is 26.4 Å². The highest BCUT2D eigenvalue weighted by atomic mass is 35.5. The second-order valence-electron chi connectivity index (χ2n) is 6.70. The summed E-state index contributed by atoms with van der Waals surface area (Å²) < 4.78 is 64.5. The van der Waals surface area contributed by atoms with Crippen LogP contribution in [0, 0.1) is 5.92 Å². The van der Waals surface area contributed by atoms with Gasteiger partial charge >= 0.3 is 6.18 Å². The van der Waals surface area contributed by atoms with Gasteiger partial charge in [0.1, 0.15) is 0 Å². The molecule has 0 unspecified atom stereocenters. The van der Waals surface area contributed by atoms with Crippen LogP contribution in [-0.4, -0.2) is 31.7 Å². The Bertz CT molecular complexity index is 969. The Morgan fingerprint density at radius 1 is 1.00 bits per heavy atom. The number of sulfonamides is 1. The molecular formula is C19H18ClF3N2O3S.